The lowest BCUT2D eigenvalue weighted by Crippen LogP contribution is -2.10. The minimum absolute atomic E-state index is 0.146. The van der Waals surface area contributed by atoms with Gasteiger partial charge < -0.3 is 15.0 Å². The number of hydrogen-bond acceptors (Lipinski definition) is 5. The van der Waals surface area contributed by atoms with Crippen LogP contribution < -0.4 is 5.73 Å². The Morgan fingerprint density at radius 2 is 2.11 bits per heavy atom. The van der Waals surface area contributed by atoms with E-state index in [1.165, 1.54) is 7.11 Å². The van der Waals surface area contributed by atoms with Crippen molar-refractivity contribution in [2.75, 3.05) is 12.8 Å². The number of esters is 1. The maximum Gasteiger partial charge on any atom is 0.360 e. The van der Waals surface area contributed by atoms with Crippen LogP contribution in [-0.4, -0.2) is 27.6 Å². The minimum atomic E-state index is -0.531. The zero-order valence-electron chi connectivity index (χ0n) is 11.2. The average Bonchev–Trinajstić information content (AvgIpc) is 2.66. The summed E-state index contributed by atoms with van der Waals surface area (Å²) in [7, 11) is 1.30. The van der Waals surface area contributed by atoms with Crippen molar-refractivity contribution in [1.82, 2.24) is 14.5 Å². The number of ether oxygens (including phenoxy) is 1. The molecule has 2 N–H and O–H groups in total. The van der Waals surface area contributed by atoms with E-state index in [0.717, 1.165) is 11.4 Å². The summed E-state index contributed by atoms with van der Waals surface area (Å²) < 4.78 is 6.39. The largest absolute Gasteiger partial charge is 0.464 e. The summed E-state index contributed by atoms with van der Waals surface area (Å²) in [6.45, 7) is 4.19. The van der Waals surface area contributed by atoms with E-state index in [-0.39, 0.29) is 5.69 Å². The number of nitrogens with zero attached hydrogens (tertiary/aromatic N) is 3. The molecule has 0 bridgehead atoms. The van der Waals surface area contributed by atoms with Crippen molar-refractivity contribution in [2.45, 2.75) is 20.4 Å². The number of aryl methyl sites for hydroxylation is 2. The van der Waals surface area contributed by atoms with Crippen molar-refractivity contribution in [3.8, 4) is 0 Å². The molecule has 0 aliphatic heterocycles. The molecule has 2 heterocycles. The maximum absolute atomic E-state index is 11.5. The van der Waals surface area contributed by atoms with Crippen LogP contribution in [0.1, 0.15) is 27.7 Å². The van der Waals surface area contributed by atoms with Crippen molar-refractivity contribution in [1.29, 1.82) is 0 Å². The molecule has 0 saturated heterocycles. The number of imidazole rings is 1. The van der Waals surface area contributed by atoms with Crippen LogP contribution in [0, 0.1) is 13.8 Å². The summed E-state index contributed by atoms with van der Waals surface area (Å²) in [5, 5.41) is 0. The van der Waals surface area contributed by atoms with Gasteiger partial charge in [-0.2, -0.15) is 0 Å². The number of aromatic nitrogens is 3. The highest BCUT2D eigenvalue weighted by atomic mass is 16.5. The summed E-state index contributed by atoms with van der Waals surface area (Å²) in [5.41, 5.74) is 7.88. The molecule has 19 heavy (non-hydrogen) atoms. The molecule has 100 valence electrons. The Labute approximate surface area is 111 Å². The quantitative estimate of drug-likeness (QED) is 0.841. The first kappa shape index (κ1) is 13.1. The number of pyridine rings is 1. The molecule has 2 aromatic rings. The zero-order chi connectivity index (χ0) is 14.0. The molecule has 0 radical (unpaired) electrons. The van der Waals surface area contributed by atoms with Crippen molar-refractivity contribution in [3.63, 3.8) is 0 Å². The molecule has 2 rings (SSSR count). The average molecular weight is 260 g/mol. The van der Waals surface area contributed by atoms with Gasteiger partial charge in [-0.15, -0.1) is 0 Å². The van der Waals surface area contributed by atoms with Gasteiger partial charge in [0, 0.05) is 5.69 Å². The number of nitrogen functional groups attached to an aromatic ring is 1. The molecule has 0 atom stereocenters. The zero-order valence-corrected chi connectivity index (χ0v) is 11.2. The first-order valence-electron chi connectivity index (χ1n) is 5.86. The standard InChI is InChI=1S/C13H16N4O2/c1-8-5-4-6-10(15-8)7-17-9(2)16-11(12(17)14)13(18)19-3/h4-6H,7,14H2,1-3H3. The van der Waals surface area contributed by atoms with E-state index in [9.17, 15) is 4.79 Å². The van der Waals surface area contributed by atoms with Gasteiger partial charge in [-0.3, -0.25) is 4.98 Å². The third-order valence-electron chi connectivity index (χ3n) is 2.84. The summed E-state index contributed by atoms with van der Waals surface area (Å²) in [4.78, 5) is 20.1. The topological polar surface area (TPSA) is 83.0 Å². The van der Waals surface area contributed by atoms with Gasteiger partial charge in [0.15, 0.2) is 5.69 Å². The van der Waals surface area contributed by atoms with E-state index in [1.54, 1.807) is 11.5 Å². The third kappa shape index (κ3) is 2.57. The molecular weight excluding hydrogens is 244 g/mol. The smallest absolute Gasteiger partial charge is 0.360 e. The lowest BCUT2D eigenvalue weighted by atomic mass is 10.3. The van der Waals surface area contributed by atoms with Gasteiger partial charge in [-0.05, 0) is 26.0 Å². The number of methoxy groups -OCH3 is 1. The summed E-state index contributed by atoms with van der Waals surface area (Å²) in [6.07, 6.45) is 0. The van der Waals surface area contributed by atoms with Crippen LogP contribution in [0.15, 0.2) is 18.2 Å². The fraction of sp³-hybridized carbons (Fsp3) is 0.308. The number of nitrogens with two attached hydrogens (primary N) is 1. The lowest BCUT2D eigenvalue weighted by molar-refractivity contribution is 0.0595. The monoisotopic (exact) mass is 260 g/mol. The van der Waals surface area contributed by atoms with E-state index >= 15 is 0 Å². The molecule has 0 amide bonds. The van der Waals surface area contributed by atoms with Crippen LogP contribution in [0.25, 0.3) is 0 Å². The Morgan fingerprint density at radius 3 is 2.74 bits per heavy atom. The first-order chi connectivity index (χ1) is 9.02. The van der Waals surface area contributed by atoms with Crippen LogP contribution in [0.2, 0.25) is 0 Å². The second-order valence-electron chi connectivity index (χ2n) is 4.24. The Balaban J connectivity index is 2.36. The molecule has 6 heteroatoms. The molecule has 0 aliphatic carbocycles. The maximum atomic E-state index is 11.5. The van der Waals surface area contributed by atoms with Crippen LogP contribution in [-0.2, 0) is 11.3 Å². The number of carbonyl (C=O) groups is 1. The normalized spacial score (nSPS) is 10.5. The van der Waals surface area contributed by atoms with Crippen molar-refractivity contribution < 1.29 is 9.53 Å². The van der Waals surface area contributed by atoms with Gasteiger partial charge in [-0.1, -0.05) is 6.07 Å². The van der Waals surface area contributed by atoms with Gasteiger partial charge in [0.2, 0.25) is 0 Å². The number of carbonyl (C=O) groups excluding carboxylic acids is 1. The second kappa shape index (κ2) is 5.09. The Hall–Kier alpha value is -2.37. The summed E-state index contributed by atoms with van der Waals surface area (Å²) >= 11 is 0. The molecule has 0 saturated carbocycles. The molecule has 2 aromatic heterocycles. The summed E-state index contributed by atoms with van der Waals surface area (Å²) in [6, 6.07) is 5.76. The van der Waals surface area contributed by atoms with Gasteiger partial charge in [0.1, 0.15) is 11.6 Å². The number of hydrogen-bond donors (Lipinski definition) is 1. The van der Waals surface area contributed by atoms with Gasteiger partial charge >= 0.3 is 5.97 Å². The Kier molecular flexibility index (Phi) is 3.50. The van der Waals surface area contributed by atoms with E-state index in [0.29, 0.717) is 18.2 Å². The Morgan fingerprint density at radius 1 is 1.37 bits per heavy atom. The Bertz CT molecular complexity index is 619. The van der Waals surface area contributed by atoms with Gasteiger partial charge in [-0.25, -0.2) is 9.78 Å². The van der Waals surface area contributed by atoms with E-state index < -0.39 is 5.97 Å². The molecule has 0 unspecified atom stereocenters. The van der Waals surface area contributed by atoms with Crippen molar-refractivity contribution in [2.24, 2.45) is 0 Å². The molecule has 0 aliphatic rings. The van der Waals surface area contributed by atoms with Crippen LogP contribution in [0.5, 0.6) is 0 Å². The number of anilines is 1. The fourth-order valence-corrected chi connectivity index (χ4v) is 1.88. The highest BCUT2D eigenvalue weighted by Crippen LogP contribution is 2.16. The third-order valence-corrected chi connectivity index (χ3v) is 2.84. The highest BCUT2D eigenvalue weighted by Gasteiger charge is 2.19. The molecule has 6 nitrogen and oxygen atoms in total. The van der Waals surface area contributed by atoms with Crippen LogP contribution in [0.4, 0.5) is 5.82 Å². The minimum Gasteiger partial charge on any atom is -0.464 e. The van der Waals surface area contributed by atoms with Crippen LogP contribution in [0.3, 0.4) is 0 Å². The molecule has 0 aromatic carbocycles. The van der Waals surface area contributed by atoms with Crippen molar-refractivity contribution >= 4 is 11.8 Å². The van der Waals surface area contributed by atoms with Crippen LogP contribution >= 0.6 is 0 Å². The van der Waals surface area contributed by atoms with Crippen molar-refractivity contribution in [3.05, 3.63) is 41.1 Å². The predicted octanol–water partition coefficient (Wildman–Crippen LogP) is 1.31. The number of rotatable bonds is 3. The van der Waals surface area contributed by atoms with Gasteiger partial charge in [0.25, 0.3) is 0 Å². The SMILES string of the molecule is COC(=O)c1nc(C)n(Cc2cccc(C)n2)c1N. The molecule has 0 fully saturated rings. The van der Waals surface area contributed by atoms with E-state index in [1.807, 2.05) is 25.1 Å². The van der Waals surface area contributed by atoms with Gasteiger partial charge in [0.05, 0.1) is 19.3 Å². The predicted molar refractivity (Wildman–Crippen MR) is 70.8 cm³/mol. The fourth-order valence-electron chi connectivity index (χ4n) is 1.88. The highest BCUT2D eigenvalue weighted by molar-refractivity contribution is 5.92. The lowest BCUT2D eigenvalue weighted by Gasteiger charge is -2.07. The van der Waals surface area contributed by atoms with E-state index in [2.05, 4.69) is 14.7 Å². The molecule has 0 spiro atoms. The molecular formula is C13H16N4O2. The summed E-state index contributed by atoms with van der Waals surface area (Å²) in [5.74, 6) is 0.422. The second-order valence-corrected chi connectivity index (χ2v) is 4.24. The first-order valence-corrected chi connectivity index (χ1v) is 5.86. The van der Waals surface area contributed by atoms with E-state index in [4.69, 9.17) is 5.73 Å².